The van der Waals surface area contributed by atoms with E-state index in [1.807, 2.05) is 29.2 Å². The molecule has 5 rings (SSSR count). The van der Waals surface area contributed by atoms with E-state index in [0.29, 0.717) is 31.5 Å². The molecule has 0 aromatic heterocycles. The summed E-state index contributed by atoms with van der Waals surface area (Å²) >= 11 is 0. The third-order valence-electron chi connectivity index (χ3n) is 6.57. The lowest BCUT2D eigenvalue weighted by Gasteiger charge is -2.46. The number of rotatable bonds is 2. The molecule has 0 bridgehead atoms. The number of para-hydroxylation sites is 1. The zero-order chi connectivity index (χ0) is 19.4. The lowest BCUT2D eigenvalue weighted by molar-refractivity contribution is -0.135. The van der Waals surface area contributed by atoms with Crippen molar-refractivity contribution in [2.45, 2.75) is 43.7 Å². The number of nitrogens with zero attached hydrogens (tertiary/aromatic N) is 1. The summed E-state index contributed by atoms with van der Waals surface area (Å²) in [7, 11) is 0. The normalized spacial score (nSPS) is 21.5. The molecule has 2 aromatic carbocycles. The quantitative estimate of drug-likeness (QED) is 0.847. The van der Waals surface area contributed by atoms with Gasteiger partial charge in [0.05, 0.1) is 11.0 Å². The zero-order valence-corrected chi connectivity index (χ0v) is 16.1. The predicted octanol–water partition coefficient (Wildman–Crippen LogP) is 3.20. The molecular formula is C23H25N3O2. The number of aryl methyl sites for hydroxylation is 1. The molecule has 144 valence electrons. The second kappa shape index (κ2) is 6.09. The van der Waals surface area contributed by atoms with Gasteiger partial charge >= 0.3 is 0 Å². The smallest absolute Gasteiger partial charge is 0.255 e. The number of nitrogens with one attached hydrogen (secondary N) is 2. The van der Waals surface area contributed by atoms with Crippen LogP contribution in [0.25, 0.3) is 0 Å². The molecular weight excluding hydrogens is 350 g/mol. The van der Waals surface area contributed by atoms with Gasteiger partial charge in [-0.3, -0.25) is 9.59 Å². The van der Waals surface area contributed by atoms with E-state index in [2.05, 4.69) is 41.8 Å². The summed E-state index contributed by atoms with van der Waals surface area (Å²) in [6.45, 7) is 3.38. The molecule has 2 heterocycles. The van der Waals surface area contributed by atoms with Crippen LogP contribution in [0.3, 0.4) is 0 Å². The lowest BCUT2D eigenvalue weighted by Crippen LogP contribution is -2.63. The Hall–Kier alpha value is -2.82. The molecule has 28 heavy (non-hydrogen) atoms. The summed E-state index contributed by atoms with van der Waals surface area (Å²) in [6, 6.07) is 16.0. The first-order valence-corrected chi connectivity index (χ1v) is 10.1. The number of carbonyl (C=O) groups excluding carboxylic acids is 2. The predicted molar refractivity (Wildman–Crippen MR) is 108 cm³/mol. The number of hydrogen-bond donors (Lipinski definition) is 2. The van der Waals surface area contributed by atoms with E-state index in [0.717, 1.165) is 24.1 Å². The van der Waals surface area contributed by atoms with Crippen LogP contribution >= 0.6 is 0 Å². The highest BCUT2D eigenvalue weighted by atomic mass is 16.2. The van der Waals surface area contributed by atoms with Crippen molar-refractivity contribution in [3.8, 4) is 0 Å². The monoisotopic (exact) mass is 375 g/mol. The second-order valence-corrected chi connectivity index (χ2v) is 8.45. The molecule has 0 unspecified atom stereocenters. The van der Waals surface area contributed by atoms with Crippen molar-refractivity contribution in [3.05, 3.63) is 65.2 Å². The first-order chi connectivity index (χ1) is 13.5. The Labute approximate surface area is 165 Å². The summed E-state index contributed by atoms with van der Waals surface area (Å²) in [5.74, 6) is 0.209. The van der Waals surface area contributed by atoms with Gasteiger partial charge in [0.15, 0.2) is 0 Å². The highest BCUT2D eigenvalue weighted by Crippen LogP contribution is 2.50. The molecule has 1 spiro atoms. The number of carbonyl (C=O) groups is 2. The van der Waals surface area contributed by atoms with E-state index in [1.54, 1.807) is 0 Å². The number of fused-ring (bicyclic) bond motifs is 1. The fourth-order valence-corrected chi connectivity index (χ4v) is 4.63. The number of benzene rings is 2. The minimum absolute atomic E-state index is 0.0348. The number of hydrogen-bond acceptors (Lipinski definition) is 3. The molecule has 5 nitrogen and oxygen atoms in total. The van der Waals surface area contributed by atoms with Crippen LogP contribution in [0.1, 0.15) is 47.2 Å². The molecule has 2 N–H and O–H groups in total. The number of anilines is 1. The maximum absolute atomic E-state index is 13.3. The highest BCUT2D eigenvalue weighted by molar-refractivity contribution is 6.02. The van der Waals surface area contributed by atoms with Crippen molar-refractivity contribution in [3.63, 3.8) is 0 Å². The summed E-state index contributed by atoms with van der Waals surface area (Å²) in [6.07, 6.45) is 3.28. The number of amides is 2. The molecule has 0 radical (unpaired) electrons. The second-order valence-electron chi connectivity index (χ2n) is 8.45. The van der Waals surface area contributed by atoms with Crippen LogP contribution in [0.2, 0.25) is 0 Å². The average Bonchev–Trinajstić information content (AvgIpc) is 3.51. The largest absolute Gasteiger partial charge is 0.362 e. The minimum atomic E-state index is -0.456. The molecule has 5 heteroatoms. The zero-order valence-electron chi connectivity index (χ0n) is 16.1. The van der Waals surface area contributed by atoms with Crippen LogP contribution in [0.5, 0.6) is 0 Å². The fraction of sp³-hybridized carbons (Fsp3) is 0.391. The summed E-state index contributed by atoms with van der Waals surface area (Å²) in [5, 5.41) is 6.68. The lowest BCUT2D eigenvalue weighted by atomic mass is 9.89. The van der Waals surface area contributed by atoms with Crippen molar-refractivity contribution >= 4 is 17.5 Å². The van der Waals surface area contributed by atoms with Crippen LogP contribution in [0.4, 0.5) is 5.69 Å². The standard InChI is InChI=1S/C23H25N3O2/c1-16-6-8-17(9-7-16)22(10-11-22)21(28)26-14-12-23(13-15-26)24-19-5-3-2-4-18(19)20(27)25-23/h2-9,24H,10-15H2,1H3,(H,25,27). The van der Waals surface area contributed by atoms with Gasteiger partial charge in [0.25, 0.3) is 5.91 Å². The summed E-state index contributed by atoms with van der Waals surface area (Å²) in [4.78, 5) is 27.8. The van der Waals surface area contributed by atoms with Gasteiger partial charge in [-0.05, 0) is 37.5 Å². The molecule has 3 aliphatic rings. The maximum Gasteiger partial charge on any atom is 0.255 e. The summed E-state index contributed by atoms with van der Waals surface area (Å²) in [5.41, 5.74) is 3.14. The van der Waals surface area contributed by atoms with Crippen LogP contribution in [0.15, 0.2) is 48.5 Å². The topological polar surface area (TPSA) is 61.4 Å². The van der Waals surface area contributed by atoms with Crippen molar-refractivity contribution < 1.29 is 9.59 Å². The SMILES string of the molecule is Cc1ccc(C2(C(=O)N3CCC4(CC3)NC(=O)c3ccccc3N4)CC2)cc1. The van der Waals surface area contributed by atoms with Crippen molar-refractivity contribution in [1.82, 2.24) is 10.2 Å². The van der Waals surface area contributed by atoms with Gasteiger partial charge in [-0.1, -0.05) is 42.0 Å². The highest BCUT2D eigenvalue weighted by Gasteiger charge is 2.54. The molecule has 0 atom stereocenters. The minimum Gasteiger partial charge on any atom is -0.362 e. The Morgan fingerprint density at radius 2 is 1.61 bits per heavy atom. The molecule has 2 aromatic rings. The molecule has 1 saturated carbocycles. The first kappa shape index (κ1) is 17.3. The van der Waals surface area contributed by atoms with E-state index in [4.69, 9.17) is 0 Å². The Balaban J connectivity index is 1.31. The van der Waals surface area contributed by atoms with Gasteiger partial charge in [0.2, 0.25) is 5.91 Å². The molecule has 2 amide bonds. The van der Waals surface area contributed by atoms with Crippen molar-refractivity contribution in [1.29, 1.82) is 0 Å². The third-order valence-corrected chi connectivity index (χ3v) is 6.57. The van der Waals surface area contributed by atoms with Gasteiger partial charge < -0.3 is 15.5 Å². The maximum atomic E-state index is 13.3. The summed E-state index contributed by atoms with van der Waals surface area (Å²) < 4.78 is 0. The first-order valence-electron chi connectivity index (χ1n) is 10.1. The van der Waals surface area contributed by atoms with Crippen LogP contribution < -0.4 is 10.6 Å². The van der Waals surface area contributed by atoms with Gasteiger partial charge in [0, 0.05) is 31.6 Å². The Morgan fingerprint density at radius 1 is 0.929 bits per heavy atom. The molecule has 1 saturated heterocycles. The Morgan fingerprint density at radius 3 is 2.29 bits per heavy atom. The average molecular weight is 375 g/mol. The van der Waals surface area contributed by atoms with Crippen LogP contribution in [-0.4, -0.2) is 35.5 Å². The van der Waals surface area contributed by atoms with Crippen LogP contribution in [0, 0.1) is 6.92 Å². The molecule has 1 aliphatic carbocycles. The van der Waals surface area contributed by atoms with Crippen molar-refractivity contribution in [2.75, 3.05) is 18.4 Å². The fourth-order valence-electron chi connectivity index (χ4n) is 4.63. The number of likely N-dealkylation sites (tertiary alicyclic amines) is 1. The van der Waals surface area contributed by atoms with Crippen molar-refractivity contribution in [2.24, 2.45) is 0 Å². The van der Waals surface area contributed by atoms with E-state index >= 15 is 0 Å². The molecule has 2 aliphatic heterocycles. The van der Waals surface area contributed by atoms with E-state index < -0.39 is 5.66 Å². The van der Waals surface area contributed by atoms with Gasteiger partial charge in [0.1, 0.15) is 5.66 Å². The van der Waals surface area contributed by atoms with E-state index in [-0.39, 0.29) is 17.2 Å². The Bertz CT molecular complexity index is 939. The van der Waals surface area contributed by atoms with Crippen LogP contribution in [-0.2, 0) is 10.2 Å². The van der Waals surface area contributed by atoms with Gasteiger partial charge in [-0.25, -0.2) is 0 Å². The van der Waals surface area contributed by atoms with Gasteiger partial charge in [-0.2, -0.15) is 0 Å². The van der Waals surface area contributed by atoms with E-state index in [9.17, 15) is 9.59 Å². The molecule has 2 fully saturated rings. The third kappa shape index (κ3) is 2.68. The number of piperidine rings is 1. The van der Waals surface area contributed by atoms with E-state index in [1.165, 1.54) is 5.56 Å². The van der Waals surface area contributed by atoms with Gasteiger partial charge in [-0.15, -0.1) is 0 Å². The Kier molecular flexibility index (Phi) is 3.76.